The molecule has 0 fully saturated rings. The lowest BCUT2D eigenvalue weighted by atomic mass is 9.63. The van der Waals surface area contributed by atoms with Gasteiger partial charge in [0.15, 0.2) is 5.78 Å². The third-order valence-corrected chi connectivity index (χ3v) is 6.55. The summed E-state index contributed by atoms with van der Waals surface area (Å²) in [7, 11) is 0. The van der Waals surface area contributed by atoms with Crippen molar-refractivity contribution in [2.75, 3.05) is 0 Å². The monoisotopic (exact) mass is 392 g/mol. The number of carbonyl (C=O) groups excluding carboxylic acids is 1. The normalized spacial score (nSPS) is 17.5. The molecule has 0 saturated carbocycles. The van der Waals surface area contributed by atoms with E-state index < -0.39 is 0 Å². The minimum Gasteiger partial charge on any atom is -0.488 e. The molecule has 156 valence electrons. The van der Waals surface area contributed by atoms with E-state index in [0.717, 1.165) is 18.4 Å². The Balaban J connectivity index is 1.94. The molecule has 0 bridgehead atoms. The summed E-state index contributed by atoms with van der Waals surface area (Å²) >= 11 is 0. The van der Waals surface area contributed by atoms with E-state index in [1.54, 1.807) is 6.92 Å². The Hall–Kier alpha value is -2.09. The highest BCUT2D eigenvalue weighted by atomic mass is 16.5. The van der Waals surface area contributed by atoms with E-state index in [1.165, 1.54) is 16.7 Å². The van der Waals surface area contributed by atoms with Gasteiger partial charge < -0.3 is 4.74 Å². The summed E-state index contributed by atoms with van der Waals surface area (Å²) in [5, 5.41) is 0. The number of ketones is 1. The van der Waals surface area contributed by atoms with Crippen molar-refractivity contribution in [3.63, 3.8) is 0 Å². The number of hydrogen-bond acceptors (Lipinski definition) is 2. The van der Waals surface area contributed by atoms with Crippen LogP contribution in [0.5, 0.6) is 5.75 Å². The van der Waals surface area contributed by atoms with Gasteiger partial charge in [0.2, 0.25) is 0 Å². The van der Waals surface area contributed by atoms with Crippen molar-refractivity contribution in [2.24, 2.45) is 0 Å². The fourth-order valence-corrected chi connectivity index (χ4v) is 4.25. The lowest BCUT2D eigenvalue weighted by Crippen LogP contribution is -2.34. The standard InChI is InChI=1S/C27H36O2/c1-18(28)21-15-22-23(27(7,8)14-13-26(22,5)6)16-24(21)29-17-19-9-11-20(12-10-19)25(2,3)4/h9-12,15-16H,13-14,17H2,1-8H3. The quantitative estimate of drug-likeness (QED) is 0.518. The van der Waals surface area contributed by atoms with Gasteiger partial charge in [-0.15, -0.1) is 0 Å². The van der Waals surface area contributed by atoms with E-state index in [4.69, 9.17) is 4.74 Å². The SMILES string of the molecule is CC(=O)c1cc2c(cc1OCc1ccc(C(C)(C)C)cc1)C(C)(C)CCC2(C)C. The van der Waals surface area contributed by atoms with Gasteiger partial charge in [-0.3, -0.25) is 4.79 Å². The van der Waals surface area contributed by atoms with Crippen molar-refractivity contribution in [1.29, 1.82) is 0 Å². The number of hydrogen-bond donors (Lipinski definition) is 0. The topological polar surface area (TPSA) is 26.3 Å². The van der Waals surface area contributed by atoms with Crippen LogP contribution >= 0.6 is 0 Å². The Labute approximate surface area is 176 Å². The molecule has 0 heterocycles. The molecule has 2 nitrogen and oxygen atoms in total. The predicted molar refractivity (Wildman–Crippen MR) is 121 cm³/mol. The number of rotatable bonds is 4. The van der Waals surface area contributed by atoms with Crippen molar-refractivity contribution >= 4 is 5.78 Å². The first-order chi connectivity index (χ1) is 13.3. The molecular weight excluding hydrogens is 356 g/mol. The van der Waals surface area contributed by atoms with Gasteiger partial charge in [0.25, 0.3) is 0 Å². The van der Waals surface area contributed by atoms with E-state index in [-0.39, 0.29) is 22.0 Å². The molecule has 2 aromatic carbocycles. The van der Waals surface area contributed by atoms with Crippen LogP contribution in [0.15, 0.2) is 36.4 Å². The van der Waals surface area contributed by atoms with Gasteiger partial charge in [0.1, 0.15) is 12.4 Å². The van der Waals surface area contributed by atoms with Gasteiger partial charge in [-0.05, 0) is 70.4 Å². The van der Waals surface area contributed by atoms with Crippen molar-refractivity contribution in [1.82, 2.24) is 0 Å². The van der Waals surface area contributed by atoms with Gasteiger partial charge >= 0.3 is 0 Å². The Morgan fingerprint density at radius 3 is 1.93 bits per heavy atom. The molecule has 0 radical (unpaired) electrons. The molecule has 0 aromatic heterocycles. The van der Waals surface area contributed by atoms with Crippen LogP contribution in [0, 0.1) is 0 Å². The van der Waals surface area contributed by atoms with Crippen LogP contribution in [-0.2, 0) is 22.9 Å². The van der Waals surface area contributed by atoms with Crippen LogP contribution in [0.4, 0.5) is 0 Å². The Bertz CT molecular complexity index is 909. The third kappa shape index (κ3) is 4.42. The fraction of sp³-hybridized carbons (Fsp3) is 0.519. The summed E-state index contributed by atoms with van der Waals surface area (Å²) in [4.78, 5) is 12.4. The molecule has 0 aliphatic heterocycles. The summed E-state index contributed by atoms with van der Waals surface area (Å²) in [6, 6.07) is 12.8. The molecule has 2 aromatic rings. The third-order valence-electron chi connectivity index (χ3n) is 6.55. The molecule has 0 unspecified atom stereocenters. The van der Waals surface area contributed by atoms with E-state index in [2.05, 4.69) is 84.9 Å². The number of carbonyl (C=O) groups is 1. The summed E-state index contributed by atoms with van der Waals surface area (Å²) < 4.78 is 6.22. The molecule has 0 spiro atoms. The summed E-state index contributed by atoms with van der Waals surface area (Å²) in [5.74, 6) is 0.770. The van der Waals surface area contributed by atoms with E-state index in [1.807, 2.05) is 0 Å². The number of Topliss-reactive ketones (excluding diaryl/α,β-unsaturated/α-hetero) is 1. The molecule has 2 heteroatoms. The zero-order chi connectivity index (χ0) is 21.6. The first-order valence-corrected chi connectivity index (χ1v) is 10.7. The average Bonchev–Trinajstić information content (AvgIpc) is 2.63. The molecular formula is C27H36O2. The molecule has 29 heavy (non-hydrogen) atoms. The van der Waals surface area contributed by atoms with Crippen LogP contribution in [0.2, 0.25) is 0 Å². The second-order valence-corrected chi connectivity index (χ2v) is 11.0. The number of fused-ring (bicyclic) bond motifs is 1. The lowest BCUT2D eigenvalue weighted by Gasteiger charge is -2.42. The van der Waals surface area contributed by atoms with Crippen molar-refractivity contribution in [2.45, 2.75) is 91.1 Å². The number of ether oxygens (including phenoxy) is 1. The van der Waals surface area contributed by atoms with Gasteiger partial charge in [-0.2, -0.15) is 0 Å². The van der Waals surface area contributed by atoms with Crippen LogP contribution in [0.25, 0.3) is 0 Å². The minimum absolute atomic E-state index is 0.0602. The van der Waals surface area contributed by atoms with Gasteiger partial charge in [-0.1, -0.05) is 72.7 Å². The molecule has 0 amide bonds. The van der Waals surface area contributed by atoms with Crippen LogP contribution in [0.1, 0.15) is 101 Å². The maximum atomic E-state index is 12.4. The molecule has 0 N–H and O–H groups in total. The average molecular weight is 393 g/mol. The van der Waals surface area contributed by atoms with Crippen molar-refractivity contribution in [3.05, 3.63) is 64.2 Å². The molecule has 3 rings (SSSR count). The molecule has 1 aliphatic carbocycles. The Morgan fingerprint density at radius 2 is 1.45 bits per heavy atom. The molecule has 0 atom stereocenters. The maximum absolute atomic E-state index is 12.4. The van der Waals surface area contributed by atoms with E-state index in [9.17, 15) is 4.79 Å². The van der Waals surface area contributed by atoms with Crippen molar-refractivity contribution < 1.29 is 9.53 Å². The fourth-order valence-electron chi connectivity index (χ4n) is 4.25. The number of benzene rings is 2. The summed E-state index contributed by atoms with van der Waals surface area (Å²) in [6.07, 6.45) is 2.27. The molecule has 0 saturated heterocycles. The largest absolute Gasteiger partial charge is 0.488 e. The van der Waals surface area contributed by atoms with Gasteiger partial charge in [0, 0.05) is 0 Å². The zero-order valence-electron chi connectivity index (χ0n) is 19.4. The van der Waals surface area contributed by atoms with Gasteiger partial charge in [-0.25, -0.2) is 0 Å². The van der Waals surface area contributed by atoms with Crippen molar-refractivity contribution in [3.8, 4) is 5.75 Å². The highest BCUT2D eigenvalue weighted by Gasteiger charge is 2.38. The van der Waals surface area contributed by atoms with Gasteiger partial charge in [0.05, 0.1) is 5.56 Å². The minimum atomic E-state index is 0.0602. The summed E-state index contributed by atoms with van der Waals surface area (Å²) in [5.41, 5.74) is 6.04. The smallest absolute Gasteiger partial charge is 0.163 e. The summed E-state index contributed by atoms with van der Waals surface area (Å²) in [6.45, 7) is 17.9. The van der Waals surface area contributed by atoms with Crippen LogP contribution < -0.4 is 4.74 Å². The van der Waals surface area contributed by atoms with E-state index >= 15 is 0 Å². The first-order valence-electron chi connectivity index (χ1n) is 10.7. The van der Waals surface area contributed by atoms with Crippen LogP contribution in [0.3, 0.4) is 0 Å². The Morgan fingerprint density at radius 1 is 0.931 bits per heavy atom. The predicted octanol–water partition coefficient (Wildman–Crippen LogP) is 7.11. The second-order valence-electron chi connectivity index (χ2n) is 11.0. The highest BCUT2D eigenvalue weighted by Crippen LogP contribution is 2.47. The molecule has 1 aliphatic rings. The maximum Gasteiger partial charge on any atom is 0.163 e. The van der Waals surface area contributed by atoms with Crippen LogP contribution in [-0.4, -0.2) is 5.78 Å². The lowest BCUT2D eigenvalue weighted by molar-refractivity contribution is 0.101. The Kier molecular flexibility index (Phi) is 5.45. The first kappa shape index (κ1) is 21.6. The second kappa shape index (κ2) is 7.31. The highest BCUT2D eigenvalue weighted by molar-refractivity contribution is 5.97. The zero-order valence-corrected chi connectivity index (χ0v) is 19.4. The van der Waals surface area contributed by atoms with E-state index in [0.29, 0.717) is 17.9 Å².